The Bertz CT molecular complexity index is 528. The van der Waals surface area contributed by atoms with Crippen LogP contribution in [0.2, 0.25) is 0 Å². The first kappa shape index (κ1) is 14.5. The average molecular weight is 276 g/mol. The summed E-state index contributed by atoms with van der Waals surface area (Å²) in [4.78, 5) is 25.0. The predicted octanol–water partition coefficient (Wildman–Crippen LogP) is 1.57. The van der Waals surface area contributed by atoms with Gasteiger partial charge in [0, 0.05) is 18.2 Å². The Morgan fingerprint density at radius 2 is 2.05 bits per heavy atom. The third-order valence-electron chi connectivity index (χ3n) is 3.76. The number of hydrogen-bond donors (Lipinski definition) is 2. The summed E-state index contributed by atoms with van der Waals surface area (Å²) in [5.74, 6) is -1.10. The number of rotatable bonds is 4. The Morgan fingerprint density at radius 3 is 2.65 bits per heavy atom. The lowest BCUT2D eigenvalue weighted by Gasteiger charge is -2.24. The van der Waals surface area contributed by atoms with E-state index in [9.17, 15) is 9.59 Å². The van der Waals surface area contributed by atoms with Gasteiger partial charge in [-0.2, -0.15) is 0 Å². The SMILES string of the molecule is CC(C)[C@@H](N)C(=O)N1CC(CC(=O)O)c2ccccc21. The Kier molecular flexibility index (Phi) is 4.09. The van der Waals surface area contributed by atoms with Gasteiger partial charge in [-0.1, -0.05) is 32.0 Å². The Hall–Kier alpha value is -1.88. The Balaban J connectivity index is 2.29. The number of fused-ring (bicyclic) bond motifs is 1. The van der Waals surface area contributed by atoms with E-state index in [1.807, 2.05) is 38.1 Å². The lowest BCUT2D eigenvalue weighted by Crippen LogP contribution is -2.46. The number of carbonyl (C=O) groups is 2. The van der Waals surface area contributed by atoms with Gasteiger partial charge in [0.1, 0.15) is 0 Å². The zero-order valence-corrected chi connectivity index (χ0v) is 11.7. The Labute approximate surface area is 118 Å². The molecule has 0 saturated carbocycles. The van der Waals surface area contributed by atoms with Crippen LogP contribution in [0.4, 0.5) is 5.69 Å². The molecule has 1 aromatic carbocycles. The molecule has 0 aromatic heterocycles. The van der Waals surface area contributed by atoms with Crippen LogP contribution < -0.4 is 10.6 Å². The van der Waals surface area contributed by atoms with Crippen LogP contribution >= 0.6 is 0 Å². The maximum Gasteiger partial charge on any atom is 0.304 e. The lowest BCUT2D eigenvalue weighted by atomic mass is 9.98. The molecule has 0 bridgehead atoms. The maximum atomic E-state index is 12.4. The third-order valence-corrected chi connectivity index (χ3v) is 3.76. The van der Waals surface area contributed by atoms with Crippen LogP contribution in [0.1, 0.15) is 31.7 Å². The number of anilines is 1. The molecule has 0 radical (unpaired) electrons. The molecular weight excluding hydrogens is 256 g/mol. The normalized spacial score (nSPS) is 19.0. The first-order chi connectivity index (χ1) is 9.41. The number of hydrogen-bond acceptors (Lipinski definition) is 3. The molecule has 0 fully saturated rings. The van der Waals surface area contributed by atoms with Gasteiger partial charge < -0.3 is 15.7 Å². The van der Waals surface area contributed by atoms with Crippen molar-refractivity contribution in [3.8, 4) is 0 Å². The molecule has 20 heavy (non-hydrogen) atoms. The van der Waals surface area contributed by atoms with E-state index in [0.29, 0.717) is 6.54 Å². The van der Waals surface area contributed by atoms with Gasteiger partial charge in [-0.15, -0.1) is 0 Å². The summed E-state index contributed by atoms with van der Waals surface area (Å²) in [5, 5.41) is 8.99. The number of carboxylic acids is 1. The van der Waals surface area contributed by atoms with E-state index in [1.54, 1.807) is 4.90 Å². The largest absolute Gasteiger partial charge is 0.481 e. The van der Waals surface area contributed by atoms with Gasteiger partial charge in [0.2, 0.25) is 5.91 Å². The highest BCUT2D eigenvalue weighted by Gasteiger charge is 2.35. The van der Waals surface area contributed by atoms with E-state index in [0.717, 1.165) is 11.3 Å². The summed E-state index contributed by atoms with van der Waals surface area (Å²) < 4.78 is 0. The summed E-state index contributed by atoms with van der Waals surface area (Å²) in [7, 11) is 0. The van der Waals surface area contributed by atoms with Gasteiger partial charge in [-0.3, -0.25) is 9.59 Å². The molecule has 0 spiro atoms. The highest BCUT2D eigenvalue weighted by molar-refractivity contribution is 5.99. The van der Waals surface area contributed by atoms with Crippen LogP contribution in [0.5, 0.6) is 0 Å². The molecule has 1 amide bonds. The number of aliphatic carboxylic acids is 1. The van der Waals surface area contributed by atoms with E-state index in [4.69, 9.17) is 10.8 Å². The van der Waals surface area contributed by atoms with Gasteiger partial charge in [0.15, 0.2) is 0 Å². The van der Waals surface area contributed by atoms with Crippen molar-refractivity contribution < 1.29 is 14.7 Å². The molecule has 1 aromatic rings. The fraction of sp³-hybridized carbons (Fsp3) is 0.467. The molecule has 2 atom stereocenters. The van der Waals surface area contributed by atoms with Crippen molar-refractivity contribution in [1.82, 2.24) is 0 Å². The van der Waals surface area contributed by atoms with E-state index in [-0.39, 0.29) is 24.2 Å². The van der Waals surface area contributed by atoms with Crippen molar-refractivity contribution in [3.63, 3.8) is 0 Å². The summed E-state index contributed by atoms with van der Waals surface area (Å²) in [6.07, 6.45) is 0.0255. The summed E-state index contributed by atoms with van der Waals surface area (Å²) in [6.45, 7) is 4.20. The zero-order valence-electron chi connectivity index (χ0n) is 11.7. The van der Waals surface area contributed by atoms with E-state index in [1.165, 1.54) is 0 Å². The molecule has 0 saturated heterocycles. The van der Waals surface area contributed by atoms with Crippen molar-refractivity contribution in [3.05, 3.63) is 29.8 Å². The zero-order chi connectivity index (χ0) is 14.9. The van der Waals surface area contributed by atoms with Crippen molar-refractivity contribution in [2.45, 2.75) is 32.2 Å². The second-order valence-electron chi connectivity index (χ2n) is 5.57. The highest BCUT2D eigenvalue weighted by atomic mass is 16.4. The van der Waals surface area contributed by atoms with Gasteiger partial charge >= 0.3 is 5.97 Å². The standard InChI is InChI=1S/C15H20N2O3/c1-9(2)14(16)15(20)17-8-10(7-13(18)19)11-5-3-4-6-12(11)17/h3-6,9-10,14H,7-8,16H2,1-2H3,(H,18,19)/t10?,14-/m1/s1. The highest BCUT2D eigenvalue weighted by Crippen LogP contribution is 2.38. The predicted molar refractivity (Wildman–Crippen MR) is 76.6 cm³/mol. The molecule has 1 aliphatic rings. The van der Waals surface area contributed by atoms with Crippen molar-refractivity contribution in [2.75, 3.05) is 11.4 Å². The second kappa shape index (κ2) is 5.63. The molecule has 0 aliphatic carbocycles. The minimum absolute atomic E-state index is 0.0255. The van der Waals surface area contributed by atoms with E-state index < -0.39 is 12.0 Å². The minimum Gasteiger partial charge on any atom is -0.481 e. The maximum absolute atomic E-state index is 12.4. The third kappa shape index (κ3) is 2.67. The lowest BCUT2D eigenvalue weighted by molar-refractivity contribution is -0.137. The second-order valence-corrected chi connectivity index (χ2v) is 5.57. The quantitative estimate of drug-likeness (QED) is 0.874. The summed E-state index contributed by atoms with van der Waals surface area (Å²) in [5.41, 5.74) is 7.64. The topological polar surface area (TPSA) is 83.6 Å². The fourth-order valence-corrected chi connectivity index (χ4v) is 2.55. The first-order valence-corrected chi connectivity index (χ1v) is 6.79. The molecule has 5 heteroatoms. The molecule has 1 heterocycles. The smallest absolute Gasteiger partial charge is 0.304 e. The van der Waals surface area contributed by atoms with Crippen LogP contribution in [0.25, 0.3) is 0 Å². The van der Waals surface area contributed by atoms with Crippen molar-refractivity contribution >= 4 is 17.6 Å². The summed E-state index contributed by atoms with van der Waals surface area (Å²) >= 11 is 0. The molecule has 5 nitrogen and oxygen atoms in total. The average Bonchev–Trinajstić information content (AvgIpc) is 2.75. The monoisotopic (exact) mass is 276 g/mol. The van der Waals surface area contributed by atoms with Gasteiger partial charge in [-0.25, -0.2) is 0 Å². The van der Waals surface area contributed by atoms with Gasteiger partial charge in [0.25, 0.3) is 0 Å². The van der Waals surface area contributed by atoms with Crippen LogP contribution in [-0.4, -0.2) is 29.6 Å². The van der Waals surface area contributed by atoms with Crippen molar-refractivity contribution in [1.29, 1.82) is 0 Å². The van der Waals surface area contributed by atoms with Gasteiger partial charge in [0.05, 0.1) is 12.5 Å². The van der Waals surface area contributed by atoms with E-state index >= 15 is 0 Å². The van der Waals surface area contributed by atoms with E-state index in [2.05, 4.69) is 0 Å². The number of para-hydroxylation sites is 1. The van der Waals surface area contributed by atoms with Crippen LogP contribution in [-0.2, 0) is 9.59 Å². The number of carboxylic acid groups (broad SMARTS) is 1. The molecule has 1 unspecified atom stereocenters. The fourth-order valence-electron chi connectivity index (χ4n) is 2.55. The first-order valence-electron chi connectivity index (χ1n) is 6.79. The number of benzene rings is 1. The van der Waals surface area contributed by atoms with Crippen LogP contribution in [0.3, 0.4) is 0 Å². The van der Waals surface area contributed by atoms with Crippen LogP contribution in [0, 0.1) is 5.92 Å². The number of nitrogens with two attached hydrogens (primary N) is 1. The van der Waals surface area contributed by atoms with Crippen molar-refractivity contribution in [2.24, 2.45) is 11.7 Å². The molecule has 3 N–H and O–H groups in total. The molecule has 108 valence electrons. The number of amides is 1. The number of carbonyl (C=O) groups excluding carboxylic acids is 1. The summed E-state index contributed by atoms with van der Waals surface area (Å²) in [6, 6.07) is 6.89. The minimum atomic E-state index is -0.854. The van der Waals surface area contributed by atoms with Gasteiger partial charge in [-0.05, 0) is 17.5 Å². The Morgan fingerprint density at radius 1 is 1.40 bits per heavy atom. The molecular formula is C15H20N2O3. The molecule has 2 rings (SSSR count). The van der Waals surface area contributed by atoms with Crippen LogP contribution in [0.15, 0.2) is 24.3 Å². The number of nitrogens with zero attached hydrogens (tertiary/aromatic N) is 1. The molecule has 1 aliphatic heterocycles.